The molecular formula is C20H25ClN4O4S. The Morgan fingerprint density at radius 3 is 2.53 bits per heavy atom. The molecule has 3 heterocycles. The summed E-state index contributed by atoms with van der Waals surface area (Å²) >= 11 is 5.87. The molecule has 2 saturated heterocycles. The van der Waals surface area contributed by atoms with E-state index >= 15 is 0 Å². The molecule has 0 spiro atoms. The Bertz CT molecular complexity index is 978. The van der Waals surface area contributed by atoms with Crippen LogP contribution in [0.4, 0.5) is 0 Å². The molecule has 30 heavy (non-hydrogen) atoms. The van der Waals surface area contributed by atoms with Crippen LogP contribution in [0.25, 0.3) is 0 Å². The first kappa shape index (κ1) is 21.3. The fourth-order valence-corrected chi connectivity index (χ4v) is 5.29. The molecule has 2 aromatic rings. The largest absolute Gasteiger partial charge is 0.447 e. The molecule has 2 fully saturated rings. The molecule has 0 bridgehead atoms. The molecule has 0 aliphatic carbocycles. The molecule has 10 heteroatoms. The fraction of sp³-hybridized carbons (Fsp3) is 0.450. The van der Waals surface area contributed by atoms with E-state index in [-0.39, 0.29) is 23.0 Å². The van der Waals surface area contributed by atoms with Gasteiger partial charge in [0.15, 0.2) is 0 Å². The van der Waals surface area contributed by atoms with Gasteiger partial charge in [-0.05, 0) is 49.1 Å². The van der Waals surface area contributed by atoms with Gasteiger partial charge in [0.05, 0.1) is 6.04 Å². The zero-order chi connectivity index (χ0) is 21.1. The number of rotatable bonds is 6. The molecule has 3 N–H and O–H groups in total. The number of benzene rings is 1. The number of hydrogen-bond acceptors (Lipinski definition) is 6. The van der Waals surface area contributed by atoms with Crippen LogP contribution in [0.1, 0.15) is 36.6 Å². The van der Waals surface area contributed by atoms with Crippen LogP contribution in [-0.2, 0) is 21.4 Å². The number of piperidine rings is 1. The third kappa shape index (κ3) is 4.70. The molecule has 0 saturated carbocycles. The summed E-state index contributed by atoms with van der Waals surface area (Å²) in [5.74, 6) is 0.349. The fourth-order valence-electron chi connectivity index (χ4n) is 3.78. The number of halogens is 1. The molecular weight excluding hydrogens is 428 g/mol. The Labute approximate surface area is 181 Å². The van der Waals surface area contributed by atoms with E-state index in [9.17, 15) is 13.2 Å². The highest BCUT2D eigenvalue weighted by atomic mass is 35.5. The van der Waals surface area contributed by atoms with E-state index in [0.29, 0.717) is 43.3 Å². The van der Waals surface area contributed by atoms with Crippen molar-refractivity contribution in [3.8, 4) is 0 Å². The van der Waals surface area contributed by atoms with E-state index in [2.05, 4.69) is 16.2 Å². The van der Waals surface area contributed by atoms with Gasteiger partial charge in [0.2, 0.25) is 11.0 Å². The van der Waals surface area contributed by atoms with Crippen molar-refractivity contribution in [1.82, 2.24) is 20.5 Å². The van der Waals surface area contributed by atoms with E-state index in [0.717, 1.165) is 18.5 Å². The van der Waals surface area contributed by atoms with Crippen LogP contribution in [0.2, 0.25) is 5.02 Å². The highest BCUT2D eigenvalue weighted by Crippen LogP contribution is 2.28. The lowest BCUT2D eigenvalue weighted by Gasteiger charge is -2.29. The van der Waals surface area contributed by atoms with Crippen LogP contribution < -0.4 is 16.2 Å². The minimum atomic E-state index is -3.70. The summed E-state index contributed by atoms with van der Waals surface area (Å²) in [6.45, 7) is 1.82. The average molecular weight is 453 g/mol. The van der Waals surface area contributed by atoms with E-state index in [1.165, 1.54) is 10.4 Å². The summed E-state index contributed by atoms with van der Waals surface area (Å²) in [5, 5.41) is 3.53. The highest BCUT2D eigenvalue weighted by molar-refractivity contribution is 7.89. The van der Waals surface area contributed by atoms with Crippen LogP contribution in [0.5, 0.6) is 0 Å². The van der Waals surface area contributed by atoms with Gasteiger partial charge in [-0.25, -0.2) is 13.8 Å². The van der Waals surface area contributed by atoms with Crippen molar-refractivity contribution in [3.05, 3.63) is 52.7 Å². The lowest BCUT2D eigenvalue weighted by atomic mass is 9.97. The Morgan fingerprint density at radius 2 is 1.87 bits per heavy atom. The number of sulfonamides is 1. The van der Waals surface area contributed by atoms with E-state index < -0.39 is 10.0 Å². The SMILES string of the molecule is O=C(NCc1ccc(Cl)cc1)C1CCN(S(=O)(=O)c2ccc(C3CCNN3)o2)CC1. The smallest absolute Gasteiger partial charge is 0.276 e. The van der Waals surface area contributed by atoms with E-state index in [4.69, 9.17) is 16.0 Å². The van der Waals surface area contributed by atoms with Crippen LogP contribution in [0.15, 0.2) is 45.9 Å². The Hall–Kier alpha value is -1.91. The monoisotopic (exact) mass is 452 g/mol. The van der Waals surface area contributed by atoms with Gasteiger partial charge in [-0.1, -0.05) is 23.7 Å². The van der Waals surface area contributed by atoms with Gasteiger partial charge >= 0.3 is 0 Å². The van der Waals surface area contributed by atoms with Crippen molar-refractivity contribution in [1.29, 1.82) is 0 Å². The topological polar surface area (TPSA) is 104 Å². The number of nitrogens with zero attached hydrogens (tertiary/aromatic N) is 1. The number of carbonyl (C=O) groups excluding carboxylic acids is 1. The summed E-state index contributed by atoms with van der Waals surface area (Å²) in [6, 6.07) is 10.5. The second kappa shape index (κ2) is 9.07. The molecule has 2 aliphatic rings. The van der Waals surface area contributed by atoms with Gasteiger partial charge in [0.1, 0.15) is 5.76 Å². The predicted octanol–water partition coefficient (Wildman–Crippen LogP) is 2.19. The molecule has 1 amide bonds. The predicted molar refractivity (Wildman–Crippen MR) is 112 cm³/mol. The number of carbonyl (C=O) groups is 1. The quantitative estimate of drug-likeness (QED) is 0.620. The third-order valence-corrected chi connectivity index (χ3v) is 7.60. The standard InChI is InChI=1S/C20H25ClN4O4S/c21-16-3-1-14(2-4-16)13-22-20(26)15-8-11-25(12-9-15)30(27,28)19-6-5-18(29-19)17-7-10-23-24-17/h1-6,15,17,23-24H,7-13H2,(H,22,26). The maximum absolute atomic E-state index is 12.9. The maximum Gasteiger partial charge on any atom is 0.276 e. The molecule has 162 valence electrons. The van der Waals surface area contributed by atoms with Gasteiger partial charge in [0, 0.05) is 37.1 Å². The third-order valence-electron chi connectivity index (χ3n) is 5.58. The first-order chi connectivity index (χ1) is 14.4. The molecule has 0 radical (unpaired) electrons. The molecule has 1 aromatic heterocycles. The maximum atomic E-state index is 12.9. The lowest BCUT2D eigenvalue weighted by molar-refractivity contribution is -0.126. The van der Waals surface area contributed by atoms with E-state index in [1.54, 1.807) is 18.2 Å². The molecule has 1 unspecified atom stereocenters. The van der Waals surface area contributed by atoms with Crippen LogP contribution in [0, 0.1) is 5.92 Å². The van der Waals surface area contributed by atoms with Crippen molar-refractivity contribution in [3.63, 3.8) is 0 Å². The summed E-state index contributed by atoms with van der Waals surface area (Å²) in [7, 11) is -3.70. The van der Waals surface area contributed by atoms with Crippen molar-refractivity contribution in [2.45, 2.75) is 36.9 Å². The van der Waals surface area contributed by atoms with Crippen molar-refractivity contribution in [2.24, 2.45) is 5.92 Å². The van der Waals surface area contributed by atoms with Gasteiger partial charge in [-0.2, -0.15) is 4.31 Å². The van der Waals surface area contributed by atoms with Crippen LogP contribution in [-0.4, -0.2) is 38.3 Å². The summed E-state index contributed by atoms with van der Waals surface area (Å²) in [6.07, 6.45) is 1.80. The number of amides is 1. The minimum absolute atomic E-state index is 0.0241. The van der Waals surface area contributed by atoms with Crippen molar-refractivity contribution < 1.29 is 17.6 Å². The number of nitrogens with one attached hydrogen (secondary N) is 3. The Balaban J connectivity index is 1.31. The molecule has 8 nitrogen and oxygen atoms in total. The Kier molecular flexibility index (Phi) is 6.45. The number of hydrazine groups is 1. The van der Waals surface area contributed by atoms with Gasteiger partial charge in [0.25, 0.3) is 10.0 Å². The Morgan fingerprint density at radius 1 is 1.13 bits per heavy atom. The number of furan rings is 1. The summed E-state index contributed by atoms with van der Waals surface area (Å²) < 4.78 is 32.9. The average Bonchev–Trinajstić information content (AvgIpc) is 3.45. The van der Waals surface area contributed by atoms with Gasteiger partial charge in [-0.15, -0.1) is 0 Å². The first-order valence-corrected chi connectivity index (χ1v) is 11.9. The summed E-state index contributed by atoms with van der Waals surface area (Å²) in [4.78, 5) is 12.5. The lowest BCUT2D eigenvalue weighted by Crippen LogP contribution is -2.42. The van der Waals surface area contributed by atoms with Gasteiger partial charge in [-0.3, -0.25) is 10.2 Å². The van der Waals surface area contributed by atoms with Crippen LogP contribution >= 0.6 is 11.6 Å². The zero-order valence-electron chi connectivity index (χ0n) is 16.4. The molecule has 1 atom stereocenters. The molecule has 2 aliphatic heterocycles. The second-order valence-electron chi connectivity index (χ2n) is 7.59. The van der Waals surface area contributed by atoms with Gasteiger partial charge < -0.3 is 9.73 Å². The van der Waals surface area contributed by atoms with Crippen molar-refractivity contribution in [2.75, 3.05) is 19.6 Å². The zero-order valence-corrected chi connectivity index (χ0v) is 18.0. The molecule has 4 rings (SSSR count). The normalized spacial score (nSPS) is 21.0. The molecule has 1 aromatic carbocycles. The highest BCUT2D eigenvalue weighted by Gasteiger charge is 2.34. The number of hydrogen-bond donors (Lipinski definition) is 3. The van der Waals surface area contributed by atoms with Crippen LogP contribution in [0.3, 0.4) is 0 Å². The van der Waals surface area contributed by atoms with Crippen molar-refractivity contribution >= 4 is 27.5 Å². The first-order valence-electron chi connectivity index (χ1n) is 10.0. The second-order valence-corrected chi connectivity index (χ2v) is 9.90. The summed E-state index contributed by atoms with van der Waals surface area (Å²) in [5.41, 5.74) is 7.03. The van der Waals surface area contributed by atoms with E-state index in [1.807, 2.05) is 12.1 Å². The minimum Gasteiger partial charge on any atom is -0.447 e.